The number of aryl methyl sites for hydroxylation is 3. The first-order valence-electron chi connectivity index (χ1n) is 19.1. The van der Waals surface area contributed by atoms with E-state index in [0.29, 0.717) is 15.5 Å². The van der Waals surface area contributed by atoms with Gasteiger partial charge in [-0.2, -0.15) is 0 Å². The van der Waals surface area contributed by atoms with Crippen molar-refractivity contribution in [2.45, 2.75) is 30.6 Å². The molecule has 0 fully saturated rings. The van der Waals surface area contributed by atoms with E-state index in [-0.39, 0.29) is 6.71 Å². The van der Waals surface area contributed by atoms with Gasteiger partial charge < -0.3 is 4.90 Å². The van der Waals surface area contributed by atoms with E-state index in [1.165, 1.54) is 22.3 Å². The average molecular weight is 740 g/mol. The lowest BCUT2D eigenvalue weighted by atomic mass is 9.33. The minimum atomic E-state index is -3.82. The fraction of sp³-hybridized carbons (Fsp3) is 0.0588. The summed E-state index contributed by atoms with van der Waals surface area (Å²) in [6.45, 7) is 6.22. The van der Waals surface area contributed by atoms with Crippen molar-refractivity contribution in [3.05, 3.63) is 193 Å². The molecule has 268 valence electrons. The molecule has 0 saturated carbocycles. The molecule has 0 saturated heterocycles. The molecule has 3 nitrogen and oxygen atoms in total. The molecule has 2 aliphatic heterocycles. The van der Waals surface area contributed by atoms with Gasteiger partial charge in [0.2, 0.25) is 16.6 Å². The average Bonchev–Trinajstić information content (AvgIpc) is 3.22. The molecule has 8 aromatic carbocycles. The van der Waals surface area contributed by atoms with Crippen molar-refractivity contribution >= 4 is 50.0 Å². The van der Waals surface area contributed by atoms with Gasteiger partial charge in [-0.25, -0.2) is 8.42 Å². The van der Waals surface area contributed by atoms with Crippen molar-refractivity contribution in [3.8, 4) is 44.5 Å². The monoisotopic (exact) mass is 739 g/mol. The van der Waals surface area contributed by atoms with Gasteiger partial charge in [0, 0.05) is 5.69 Å². The normalized spacial score (nSPS) is 13.5. The number of para-hydroxylation sites is 2. The quantitative estimate of drug-likeness (QED) is 0.165. The highest BCUT2D eigenvalue weighted by Gasteiger charge is 2.45. The van der Waals surface area contributed by atoms with Gasteiger partial charge in [0.1, 0.15) is 0 Å². The summed E-state index contributed by atoms with van der Waals surface area (Å²) >= 11 is 0. The standard InChI is InChI=1S/C51H38BNO2S/c1-33-28-34(2)49(35(3)29-33)39-26-27-45-44(32-39)52(43-22-15-25-48-51(43)53(45)46-23-13-14-24-47(46)56(48,54)55)50-41(37-18-9-5-10-19-37)30-40(36-16-7-4-8-17-36)31-42(50)38-20-11-6-12-21-38/h4-32H,1-3H3. The van der Waals surface area contributed by atoms with Crippen LogP contribution in [0.25, 0.3) is 44.5 Å². The van der Waals surface area contributed by atoms with Gasteiger partial charge in [-0.05, 0) is 124 Å². The number of fused-ring (bicyclic) bond motifs is 4. The Kier molecular flexibility index (Phi) is 7.98. The third kappa shape index (κ3) is 5.30. The Balaban J connectivity index is 1.37. The van der Waals surface area contributed by atoms with Crippen LogP contribution in [0.2, 0.25) is 0 Å². The van der Waals surface area contributed by atoms with Crippen LogP contribution in [0.5, 0.6) is 0 Å². The van der Waals surface area contributed by atoms with Crippen LogP contribution in [0, 0.1) is 20.8 Å². The second kappa shape index (κ2) is 13.1. The molecule has 2 heterocycles. The summed E-state index contributed by atoms with van der Waals surface area (Å²) < 4.78 is 29.2. The van der Waals surface area contributed by atoms with Gasteiger partial charge in [0.05, 0.1) is 21.2 Å². The summed E-state index contributed by atoms with van der Waals surface area (Å²) in [5.74, 6) is 0. The second-order valence-corrected chi connectivity index (χ2v) is 17.0. The van der Waals surface area contributed by atoms with Gasteiger partial charge in [0.15, 0.2) is 0 Å². The molecule has 0 N–H and O–H groups in total. The van der Waals surface area contributed by atoms with Gasteiger partial charge in [-0.15, -0.1) is 0 Å². The molecule has 10 rings (SSSR count). The number of sulfone groups is 1. The molecule has 8 aromatic rings. The van der Waals surface area contributed by atoms with Crippen molar-refractivity contribution in [2.75, 3.05) is 4.90 Å². The maximum atomic E-state index is 14.6. The molecule has 5 heteroatoms. The van der Waals surface area contributed by atoms with Crippen molar-refractivity contribution in [2.24, 2.45) is 0 Å². The molecule has 0 unspecified atom stereocenters. The molecule has 0 radical (unpaired) electrons. The van der Waals surface area contributed by atoms with E-state index < -0.39 is 9.84 Å². The maximum absolute atomic E-state index is 14.6. The molecular weight excluding hydrogens is 701 g/mol. The highest BCUT2D eigenvalue weighted by atomic mass is 32.2. The highest BCUT2D eigenvalue weighted by molar-refractivity contribution is 7.92. The van der Waals surface area contributed by atoms with E-state index in [1.807, 2.05) is 24.3 Å². The third-order valence-electron chi connectivity index (χ3n) is 11.5. The van der Waals surface area contributed by atoms with E-state index in [9.17, 15) is 8.42 Å². The fourth-order valence-corrected chi connectivity index (χ4v) is 11.0. The first-order chi connectivity index (χ1) is 27.3. The zero-order valence-electron chi connectivity index (χ0n) is 31.5. The maximum Gasteiger partial charge on any atom is 0.248 e. The van der Waals surface area contributed by atoms with Gasteiger partial charge in [-0.3, -0.25) is 0 Å². The predicted octanol–water partition coefficient (Wildman–Crippen LogP) is 10.7. The number of anilines is 3. The fourth-order valence-electron chi connectivity index (χ4n) is 9.32. The van der Waals surface area contributed by atoms with E-state index in [0.717, 1.165) is 66.7 Å². The molecule has 0 bridgehead atoms. The zero-order chi connectivity index (χ0) is 38.1. The number of hydrogen-bond donors (Lipinski definition) is 0. The predicted molar refractivity (Wildman–Crippen MR) is 234 cm³/mol. The molecule has 2 aliphatic rings. The van der Waals surface area contributed by atoms with Crippen LogP contribution >= 0.6 is 0 Å². The van der Waals surface area contributed by atoms with Crippen molar-refractivity contribution in [1.82, 2.24) is 0 Å². The van der Waals surface area contributed by atoms with Crippen LogP contribution in [0.1, 0.15) is 16.7 Å². The first kappa shape index (κ1) is 34.1. The Bertz CT molecular complexity index is 2880. The summed E-state index contributed by atoms with van der Waals surface area (Å²) in [4.78, 5) is 2.86. The number of nitrogens with zero attached hydrogens (tertiary/aromatic N) is 1. The lowest BCUT2D eigenvalue weighted by Gasteiger charge is -2.42. The Hall–Kier alpha value is -6.43. The summed E-state index contributed by atoms with van der Waals surface area (Å²) in [5, 5.41) is 0. The largest absolute Gasteiger partial charge is 0.309 e. The molecule has 0 atom stereocenters. The van der Waals surface area contributed by atoms with E-state index in [2.05, 4.69) is 165 Å². The minimum Gasteiger partial charge on any atom is -0.309 e. The van der Waals surface area contributed by atoms with Gasteiger partial charge in [-0.1, -0.05) is 151 Å². The Morgan fingerprint density at radius 1 is 0.446 bits per heavy atom. The number of rotatable bonds is 5. The summed E-state index contributed by atoms with van der Waals surface area (Å²) in [7, 11) is -3.82. The summed E-state index contributed by atoms with van der Waals surface area (Å²) in [6, 6.07) is 61.1. The smallest absolute Gasteiger partial charge is 0.248 e. The van der Waals surface area contributed by atoms with Crippen molar-refractivity contribution in [3.63, 3.8) is 0 Å². The SMILES string of the molecule is Cc1cc(C)c(-c2ccc3c(c2)B(c2c(-c4ccccc4)cc(-c4ccccc4)cc2-c2ccccc2)c2cccc4c2N3c2ccccc2S4(=O)=O)c(C)c1. The van der Waals surface area contributed by atoms with Crippen LogP contribution in [0.3, 0.4) is 0 Å². The van der Waals surface area contributed by atoms with Gasteiger partial charge >= 0.3 is 0 Å². The lowest BCUT2D eigenvalue weighted by molar-refractivity contribution is 0.595. The molecular formula is C51H38BNO2S. The Morgan fingerprint density at radius 3 is 1.62 bits per heavy atom. The minimum absolute atomic E-state index is 0.321. The Morgan fingerprint density at radius 2 is 1.00 bits per heavy atom. The third-order valence-corrected chi connectivity index (χ3v) is 13.4. The topological polar surface area (TPSA) is 37.4 Å². The van der Waals surface area contributed by atoms with Crippen molar-refractivity contribution in [1.29, 1.82) is 0 Å². The molecule has 0 amide bonds. The van der Waals surface area contributed by atoms with Crippen LogP contribution < -0.4 is 21.3 Å². The molecule has 0 spiro atoms. The van der Waals surface area contributed by atoms with E-state index in [1.54, 1.807) is 12.1 Å². The lowest BCUT2D eigenvalue weighted by Crippen LogP contribution is -2.59. The number of benzene rings is 8. The molecule has 0 aromatic heterocycles. The molecule has 0 aliphatic carbocycles. The highest BCUT2D eigenvalue weighted by Crippen LogP contribution is 2.49. The van der Waals surface area contributed by atoms with Gasteiger partial charge in [0.25, 0.3) is 0 Å². The summed E-state index contributed by atoms with van der Waals surface area (Å²) in [5.41, 5.74) is 18.4. The Labute approximate surface area is 329 Å². The van der Waals surface area contributed by atoms with E-state index in [4.69, 9.17) is 0 Å². The molecule has 56 heavy (non-hydrogen) atoms. The van der Waals surface area contributed by atoms with Crippen LogP contribution in [0.4, 0.5) is 17.1 Å². The summed E-state index contributed by atoms with van der Waals surface area (Å²) in [6.07, 6.45) is 0. The van der Waals surface area contributed by atoms with E-state index >= 15 is 0 Å². The number of hydrogen-bond acceptors (Lipinski definition) is 3. The first-order valence-corrected chi connectivity index (χ1v) is 20.6. The second-order valence-electron chi connectivity index (χ2n) is 15.1. The van der Waals surface area contributed by atoms with Crippen LogP contribution in [-0.2, 0) is 9.84 Å². The van der Waals surface area contributed by atoms with Crippen LogP contribution in [0.15, 0.2) is 186 Å². The van der Waals surface area contributed by atoms with Crippen LogP contribution in [-0.4, -0.2) is 15.1 Å². The van der Waals surface area contributed by atoms with Crippen molar-refractivity contribution < 1.29 is 8.42 Å². The zero-order valence-corrected chi connectivity index (χ0v) is 32.3.